The molecule has 7 nitrogen and oxygen atoms in total. The van der Waals surface area contributed by atoms with Crippen LogP contribution in [-0.4, -0.2) is 56.4 Å². The van der Waals surface area contributed by atoms with Crippen molar-refractivity contribution in [1.29, 1.82) is 0 Å². The number of rotatable bonds is 4. The van der Waals surface area contributed by atoms with Crippen molar-refractivity contribution in [3.05, 3.63) is 76.9 Å². The van der Waals surface area contributed by atoms with E-state index < -0.39 is 0 Å². The van der Waals surface area contributed by atoms with E-state index in [1.54, 1.807) is 13.0 Å². The minimum absolute atomic E-state index is 0.0666. The molecule has 1 aliphatic heterocycles. The van der Waals surface area contributed by atoms with Gasteiger partial charge in [-0.3, -0.25) is 9.69 Å². The number of hydrogen-bond donors (Lipinski definition) is 0. The van der Waals surface area contributed by atoms with Gasteiger partial charge in [0.15, 0.2) is 0 Å². The summed E-state index contributed by atoms with van der Waals surface area (Å²) in [6.45, 7) is 5.42. The van der Waals surface area contributed by atoms with Crippen LogP contribution in [-0.2, 0) is 6.54 Å². The summed E-state index contributed by atoms with van der Waals surface area (Å²) in [6, 6.07) is 13.4. The minimum atomic E-state index is -0.0666. The third-order valence-corrected chi connectivity index (χ3v) is 6.07. The summed E-state index contributed by atoms with van der Waals surface area (Å²) in [5, 5.41) is 4.67. The number of aromatic nitrogens is 3. The maximum absolute atomic E-state index is 13.3. The zero-order chi connectivity index (χ0) is 21.4. The average Bonchev–Trinajstić information content (AvgIpc) is 3.38. The molecule has 158 valence electrons. The Morgan fingerprint density at radius 1 is 1.10 bits per heavy atom. The lowest BCUT2D eigenvalue weighted by Crippen LogP contribution is -2.48. The molecule has 0 aliphatic carbocycles. The van der Waals surface area contributed by atoms with Crippen LogP contribution in [0.1, 0.15) is 21.8 Å². The third kappa shape index (κ3) is 3.71. The van der Waals surface area contributed by atoms with Crippen molar-refractivity contribution in [2.24, 2.45) is 0 Å². The standard InChI is InChI=1S/C23H22ClN5O2/c1-16-21(22(26-31-16)18-6-2-3-7-19(18)24)23(30)28-12-10-27(11-13-28)15-17-14-25-20-8-4-5-9-29(17)20/h2-9,14H,10-13,15H2,1H3. The van der Waals surface area contributed by atoms with E-state index in [0.717, 1.165) is 31.0 Å². The van der Waals surface area contributed by atoms with Gasteiger partial charge in [-0.15, -0.1) is 0 Å². The molecule has 1 aromatic carbocycles. The molecule has 0 saturated carbocycles. The van der Waals surface area contributed by atoms with Gasteiger partial charge in [-0.1, -0.05) is 41.0 Å². The number of carbonyl (C=O) groups excluding carboxylic acids is 1. The molecule has 4 aromatic rings. The van der Waals surface area contributed by atoms with E-state index in [2.05, 4.69) is 19.4 Å². The van der Waals surface area contributed by atoms with Crippen molar-refractivity contribution in [1.82, 2.24) is 24.3 Å². The van der Waals surface area contributed by atoms with Gasteiger partial charge in [-0.25, -0.2) is 4.98 Å². The molecule has 0 spiro atoms. The first-order chi connectivity index (χ1) is 15.1. The molecule has 1 fully saturated rings. The van der Waals surface area contributed by atoms with Crippen LogP contribution >= 0.6 is 11.6 Å². The van der Waals surface area contributed by atoms with Crippen LogP contribution < -0.4 is 0 Å². The Morgan fingerprint density at radius 2 is 1.87 bits per heavy atom. The van der Waals surface area contributed by atoms with Crippen molar-refractivity contribution >= 4 is 23.2 Å². The van der Waals surface area contributed by atoms with Crippen LogP contribution in [0.4, 0.5) is 0 Å². The second-order valence-corrected chi connectivity index (χ2v) is 8.10. The van der Waals surface area contributed by atoms with Gasteiger partial charge in [0, 0.05) is 44.5 Å². The molecule has 4 heterocycles. The lowest BCUT2D eigenvalue weighted by molar-refractivity contribution is 0.0625. The van der Waals surface area contributed by atoms with E-state index in [1.165, 1.54) is 0 Å². The van der Waals surface area contributed by atoms with E-state index in [4.69, 9.17) is 16.1 Å². The number of aryl methyl sites for hydroxylation is 1. The van der Waals surface area contributed by atoms with E-state index in [1.807, 2.05) is 53.7 Å². The summed E-state index contributed by atoms with van der Waals surface area (Å²) < 4.78 is 7.48. The number of benzene rings is 1. The first-order valence-corrected chi connectivity index (χ1v) is 10.6. The highest BCUT2D eigenvalue weighted by atomic mass is 35.5. The Hall–Kier alpha value is -3.16. The molecule has 1 saturated heterocycles. The van der Waals surface area contributed by atoms with Crippen LogP contribution in [0.3, 0.4) is 0 Å². The fraction of sp³-hybridized carbons (Fsp3) is 0.261. The molecule has 8 heteroatoms. The molecule has 5 rings (SSSR count). The zero-order valence-electron chi connectivity index (χ0n) is 17.2. The van der Waals surface area contributed by atoms with Crippen molar-refractivity contribution in [2.75, 3.05) is 26.2 Å². The van der Waals surface area contributed by atoms with Gasteiger partial charge >= 0.3 is 0 Å². The maximum atomic E-state index is 13.3. The first-order valence-electron chi connectivity index (χ1n) is 10.3. The second-order valence-electron chi connectivity index (χ2n) is 7.69. The minimum Gasteiger partial charge on any atom is -0.360 e. The number of piperazine rings is 1. The highest BCUT2D eigenvalue weighted by molar-refractivity contribution is 6.33. The summed E-state index contributed by atoms with van der Waals surface area (Å²) in [5.74, 6) is 0.441. The number of imidazole rings is 1. The zero-order valence-corrected chi connectivity index (χ0v) is 17.9. The van der Waals surface area contributed by atoms with E-state index in [0.29, 0.717) is 40.7 Å². The van der Waals surface area contributed by atoms with Gasteiger partial charge in [0.2, 0.25) is 0 Å². The number of amides is 1. The molecule has 0 radical (unpaired) electrons. The van der Waals surface area contributed by atoms with Gasteiger partial charge < -0.3 is 13.8 Å². The Labute approximate surface area is 184 Å². The summed E-state index contributed by atoms with van der Waals surface area (Å²) in [4.78, 5) is 22.0. The fourth-order valence-electron chi connectivity index (χ4n) is 4.06. The van der Waals surface area contributed by atoms with Crippen LogP contribution in [0.15, 0.2) is 59.4 Å². The van der Waals surface area contributed by atoms with Crippen molar-refractivity contribution < 1.29 is 9.32 Å². The van der Waals surface area contributed by atoms with Crippen molar-refractivity contribution in [2.45, 2.75) is 13.5 Å². The summed E-state index contributed by atoms with van der Waals surface area (Å²) >= 11 is 6.34. The lowest BCUT2D eigenvalue weighted by Gasteiger charge is -2.34. The van der Waals surface area contributed by atoms with Crippen LogP contribution in [0.5, 0.6) is 0 Å². The normalized spacial score (nSPS) is 15.0. The first kappa shape index (κ1) is 19.8. The summed E-state index contributed by atoms with van der Waals surface area (Å²) in [7, 11) is 0. The lowest BCUT2D eigenvalue weighted by atomic mass is 10.0. The number of hydrogen-bond acceptors (Lipinski definition) is 5. The van der Waals surface area contributed by atoms with Crippen LogP contribution in [0, 0.1) is 6.92 Å². The molecular formula is C23H22ClN5O2. The van der Waals surface area contributed by atoms with Gasteiger partial charge in [0.05, 0.1) is 16.9 Å². The number of pyridine rings is 1. The predicted octanol–water partition coefficient (Wildman–Crippen LogP) is 3.91. The van der Waals surface area contributed by atoms with E-state index in [9.17, 15) is 4.79 Å². The molecule has 1 amide bonds. The highest BCUT2D eigenvalue weighted by Crippen LogP contribution is 2.32. The Kier molecular flexibility index (Phi) is 5.21. The predicted molar refractivity (Wildman–Crippen MR) is 118 cm³/mol. The van der Waals surface area contributed by atoms with Gasteiger partial charge in [0.1, 0.15) is 22.7 Å². The SMILES string of the molecule is Cc1onc(-c2ccccc2Cl)c1C(=O)N1CCN(Cc2cnc3ccccn23)CC1. The van der Waals surface area contributed by atoms with E-state index in [-0.39, 0.29) is 5.91 Å². The molecule has 31 heavy (non-hydrogen) atoms. The number of halogens is 1. The van der Waals surface area contributed by atoms with Gasteiger partial charge in [-0.2, -0.15) is 0 Å². The smallest absolute Gasteiger partial charge is 0.259 e. The largest absolute Gasteiger partial charge is 0.360 e. The summed E-state index contributed by atoms with van der Waals surface area (Å²) in [5.41, 5.74) is 3.79. The van der Waals surface area contributed by atoms with E-state index >= 15 is 0 Å². The molecule has 0 N–H and O–H groups in total. The van der Waals surface area contributed by atoms with Gasteiger partial charge in [-0.05, 0) is 25.1 Å². The molecular weight excluding hydrogens is 414 g/mol. The van der Waals surface area contributed by atoms with Crippen LogP contribution in [0.25, 0.3) is 16.9 Å². The average molecular weight is 436 g/mol. The second kappa shape index (κ2) is 8.17. The molecule has 1 aliphatic rings. The fourth-order valence-corrected chi connectivity index (χ4v) is 4.28. The molecule has 0 atom stereocenters. The maximum Gasteiger partial charge on any atom is 0.259 e. The monoisotopic (exact) mass is 435 g/mol. The number of carbonyl (C=O) groups is 1. The van der Waals surface area contributed by atoms with Crippen molar-refractivity contribution in [3.63, 3.8) is 0 Å². The topological polar surface area (TPSA) is 66.9 Å². The number of nitrogens with zero attached hydrogens (tertiary/aromatic N) is 5. The third-order valence-electron chi connectivity index (χ3n) is 5.74. The quantitative estimate of drug-likeness (QED) is 0.486. The van der Waals surface area contributed by atoms with Crippen molar-refractivity contribution in [3.8, 4) is 11.3 Å². The van der Waals surface area contributed by atoms with Crippen LogP contribution in [0.2, 0.25) is 5.02 Å². The Bertz CT molecular complexity index is 1240. The summed E-state index contributed by atoms with van der Waals surface area (Å²) in [6.07, 6.45) is 3.95. The van der Waals surface area contributed by atoms with Gasteiger partial charge in [0.25, 0.3) is 5.91 Å². The number of fused-ring (bicyclic) bond motifs is 1. The highest BCUT2D eigenvalue weighted by Gasteiger charge is 2.29. The Morgan fingerprint density at radius 3 is 2.68 bits per heavy atom. The molecule has 3 aromatic heterocycles. The molecule has 0 bridgehead atoms. The molecule has 0 unspecified atom stereocenters. The Balaban J connectivity index is 1.30.